The summed E-state index contributed by atoms with van der Waals surface area (Å²) in [4.78, 5) is 27.7. The van der Waals surface area contributed by atoms with Crippen LogP contribution in [0.15, 0.2) is 66.7 Å². The molecule has 1 aliphatic heterocycles. The normalized spacial score (nSPS) is 12.3. The van der Waals surface area contributed by atoms with Crippen LogP contribution in [0.3, 0.4) is 0 Å². The second-order valence-electron chi connectivity index (χ2n) is 9.26. The van der Waals surface area contributed by atoms with Gasteiger partial charge in [0.1, 0.15) is 5.82 Å². The summed E-state index contributed by atoms with van der Waals surface area (Å²) in [5.74, 6) is 0.0766. The molecule has 0 spiro atoms. The van der Waals surface area contributed by atoms with Gasteiger partial charge in [-0.15, -0.1) is 0 Å². The summed E-state index contributed by atoms with van der Waals surface area (Å²) >= 11 is 0. The Labute approximate surface area is 203 Å². The van der Waals surface area contributed by atoms with Crippen molar-refractivity contribution in [2.45, 2.75) is 20.4 Å². The van der Waals surface area contributed by atoms with Gasteiger partial charge in [-0.25, -0.2) is 4.39 Å². The van der Waals surface area contributed by atoms with Crippen LogP contribution in [0.2, 0.25) is 0 Å². The van der Waals surface area contributed by atoms with Crippen LogP contribution in [0.5, 0.6) is 11.5 Å². The van der Waals surface area contributed by atoms with E-state index in [2.05, 4.69) is 5.32 Å². The highest BCUT2D eigenvalue weighted by atomic mass is 19.1. The number of carbonyl (C=O) groups is 2. The van der Waals surface area contributed by atoms with E-state index in [1.165, 1.54) is 18.2 Å². The third-order valence-corrected chi connectivity index (χ3v) is 5.72. The summed E-state index contributed by atoms with van der Waals surface area (Å²) in [7, 11) is 0. The first-order valence-electron chi connectivity index (χ1n) is 11.3. The first-order chi connectivity index (χ1) is 16.7. The van der Waals surface area contributed by atoms with Gasteiger partial charge in [0.05, 0.1) is 0 Å². The topological polar surface area (TPSA) is 93.9 Å². The van der Waals surface area contributed by atoms with Gasteiger partial charge in [-0.1, -0.05) is 32.0 Å². The van der Waals surface area contributed by atoms with E-state index in [9.17, 15) is 14.0 Å². The smallest absolute Gasteiger partial charge is 0.255 e. The molecule has 0 aliphatic carbocycles. The second-order valence-corrected chi connectivity index (χ2v) is 9.26. The van der Waals surface area contributed by atoms with E-state index >= 15 is 0 Å². The highest BCUT2D eigenvalue weighted by molar-refractivity contribution is 6.04. The van der Waals surface area contributed by atoms with Gasteiger partial charge < -0.3 is 25.4 Å². The summed E-state index contributed by atoms with van der Waals surface area (Å²) in [6.07, 6.45) is 0. The van der Waals surface area contributed by atoms with Crippen LogP contribution in [-0.2, 0) is 6.54 Å². The molecule has 0 fully saturated rings. The van der Waals surface area contributed by atoms with Gasteiger partial charge >= 0.3 is 0 Å². The monoisotopic (exact) mass is 477 g/mol. The van der Waals surface area contributed by atoms with Crippen molar-refractivity contribution in [3.8, 4) is 11.5 Å². The number of nitrogens with zero attached hydrogens (tertiary/aromatic N) is 1. The molecule has 3 aromatic carbocycles. The number of anilines is 1. The van der Waals surface area contributed by atoms with Crippen LogP contribution in [0.1, 0.15) is 40.1 Å². The van der Waals surface area contributed by atoms with E-state index in [4.69, 9.17) is 15.2 Å². The zero-order chi connectivity index (χ0) is 25.0. The average molecular weight is 478 g/mol. The van der Waals surface area contributed by atoms with E-state index in [0.717, 1.165) is 5.56 Å². The predicted molar refractivity (Wildman–Crippen MR) is 131 cm³/mol. The third kappa shape index (κ3) is 5.96. The van der Waals surface area contributed by atoms with E-state index < -0.39 is 5.82 Å². The summed E-state index contributed by atoms with van der Waals surface area (Å²) in [6, 6.07) is 17.9. The fraction of sp³-hybridized carbons (Fsp3) is 0.259. The Balaban J connectivity index is 1.52. The minimum atomic E-state index is -0.470. The highest BCUT2D eigenvalue weighted by Gasteiger charge is 2.25. The molecule has 0 bridgehead atoms. The van der Waals surface area contributed by atoms with Crippen molar-refractivity contribution in [3.05, 3.63) is 89.2 Å². The van der Waals surface area contributed by atoms with Crippen LogP contribution >= 0.6 is 0 Å². The Morgan fingerprint density at radius 3 is 2.54 bits per heavy atom. The van der Waals surface area contributed by atoms with Gasteiger partial charge in [0.15, 0.2) is 11.5 Å². The third-order valence-electron chi connectivity index (χ3n) is 5.72. The van der Waals surface area contributed by atoms with Gasteiger partial charge in [-0.2, -0.15) is 0 Å². The SMILES string of the molecule is CC(C)(CN)CN(Cc1cccc(NC(=O)c2ccc3c(c2)OCO3)c1)C(=O)c1cccc(F)c1. The molecule has 2 amide bonds. The lowest BCUT2D eigenvalue weighted by Crippen LogP contribution is -2.41. The number of nitrogens with two attached hydrogens (primary N) is 1. The fourth-order valence-electron chi connectivity index (χ4n) is 3.79. The van der Waals surface area contributed by atoms with Crippen LogP contribution < -0.4 is 20.5 Å². The predicted octanol–water partition coefficient (Wildman–Crippen LogP) is 4.43. The number of halogens is 1. The minimum Gasteiger partial charge on any atom is -0.454 e. The standard InChI is InChI=1S/C27H28FN3O4/c1-27(2,15-29)16-31(26(33)20-6-4-7-21(28)12-20)14-18-5-3-8-22(11-18)30-25(32)19-9-10-23-24(13-19)35-17-34-23/h3-13H,14-17,29H2,1-2H3,(H,30,32). The van der Waals surface area contributed by atoms with Gasteiger partial charge in [-0.3, -0.25) is 9.59 Å². The van der Waals surface area contributed by atoms with Gasteiger partial charge in [-0.05, 0) is 66.1 Å². The zero-order valence-corrected chi connectivity index (χ0v) is 19.7. The largest absolute Gasteiger partial charge is 0.454 e. The molecule has 0 unspecified atom stereocenters. The fourth-order valence-corrected chi connectivity index (χ4v) is 3.79. The number of hydrogen-bond donors (Lipinski definition) is 2. The number of fused-ring (bicyclic) bond motifs is 1. The van der Waals surface area contributed by atoms with Crippen LogP contribution in [-0.4, -0.2) is 36.6 Å². The van der Waals surface area contributed by atoms with Crippen LogP contribution in [0.4, 0.5) is 10.1 Å². The van der Waals surface area contributed by atoms with Gasteiger partial charge in [0.2, 0.25) is 6.79 Å². The molecule has 0 aromatic heterocycles. The van der Waals surface area contributed by atoms with E-state index in [1.54, 1.807) is 35.2 Å². The zero-order valence-electron chi connectivity index (χ0n) is 19.7. The molecule has 35 heavy (non-hydrogen) atoms. The van der Waals surface area contributed by atoms with E-state index in [0.29, 0.717) is 35.8 Å². The van der Waals surface area contributed by atoms with Gasteiger partial charge in [0, 0.05) is 29.9 Å². The molecule has 8 heteroatoms. The van der Waals surface area contributed by atoms with Crippen molar-refractivity contribution in [3.63, 3.8) is 0 Å². The molecule has 4 rings (SSSR count). The lowest BCUT2D eigenvalue weighted by molar-refractivity contribution is 0.0672. The Bertz CT molecular complexity index is 1240. The number of rotatable bonds is 8. The molecule has 0 saturated carbocycles. The maximum atomic E-state index is 13.8. The maximum absolute atomic E-state index is 13.8. The number of carbonyl (C=O) groups excluding carboxylic acids is 2. The summed E-state index contributed by atoms with van der Waals surface area (Å²) in [6.45, 7) is 5.11. The second kappa shape index (κ2) is 10.1. The average Bonchev–Trinajstić information content (AvgIpc) is 3.31. The quantitative estimate of drug-likeness (QED) is 0.501. The van der Waals surface area contributed by atoms with E-state index in [-0.39, 0.29) is 36.1 Å². The van der Waals surface area contributed by atoms with Crippen LogP contribution in [0, 0.1) is 11.2 Å². The molecule has 7 nitrogen and oxygen atoms in total. The number of amides is 2. The molecule has 1 heterocycles. The summed E-state index contributed by atoms with van der Waals surface area (Å²) in [5.41, 5.74) is 7.68. The van der Waals surface area contributed by atoms with Gasteiger partial charge in [0.25, 0.3) is 11.8 Å². The van der Waals surface area contributed by atoms with Crippen molar-refractivity contribution >= 4 is 17.5 Å². The Kier molecular flexibility index (Phi) is 7.02. The molecule has 0 saturated heterocycles. The summed E-state index contributed by atoms with van der Waals surface area (Å²) < 4.78 is 24.4. The number of benzene rings is 3. The van der Waals surface area contributed by atoms with Crippen molar-refractivity contribution in [2.75, 3.05) is 25.2 Å². The molecular formula is C27H28FN3O4. The number of hydrogen-bond acceptors (Lipinski definition) is 5. The highest BCUT2D eigenvalue weighted by Crippen LogP contribution is 2.32. The first-order valence-corrected chi connectivity index (χ1v) is 11.3. The Hall–Kier alpha value is -3.91. The molecule has 0 radical (unpaired) electrons. The molecule has 0 atom stereocenters. The number of nitrogens with one attached hydrogen (secondary N) is 1. The molecule has 3 aromatic rings. The summed E-state index contributed by atoms with van der Waals surface area (Å²) in [5, 5.41) is 2.88. The molecular weight excluding hydrogens is 449 g/mol. The van der Waals surface area contributed by atoms with Crippen molar-refractivity contribution < 1.29 is 23.5 Å². The van der Waals surface area contributed by atoms with Crippen molar-refractivity contribution in [1.29, 1.82) is 0 Å². The van der Waals surface area contributed by atoms with E-state index in [1.807, 2.05) is 32.0 Å². The molecule has 182 valence electrons. The maximum Gasteiger partial charge on any atom is 0.255 e. The number of ether oxygens (including phenoxy) is 2. The minimum absolute atomic E-state index is 0.133. The Morgan fingerprint density at radius 2 is 1.77 bits per heavy atom. The lowest BCUT2D eigenvalue weighted by atomic mass is 9.92. The first kappa shape index (κ1) is 24.2. The Morgan fingerprint density at radius 1 is 1.00 bits per heavy atom. The van der Waals surface area contributed by atoms with Crippen molar-refractivity contribution in [1.82, 2.24) is 4.90 Å². The van der Waals surface area contributed by atoms with Crippen LogP contribution in [0.25, 0.3) is 0 Å². The molecule has 3 N–H and O–H groups in total. The molecule has 1 aliphatic rings. The lowest BCUT2D eigenvalue weighted by Gasteiger charge is -2.32. The van der Waals surface area contributed by atoms with Crippen molar-refractivity contribution in [2.24, 2.45) is 11.1 Å².